The number of nitrogens with zero attached hydrogens (tertiary/aromatic N) is 2. The summed E-state index contributed by atoms with van der Waals surface area (Å²) in [6.45, 7) is 0.788. The second kappa shape index (κ2) is 10.7. The Labute approximate surface area is 214 Å². The number of benzene rings is 3. The number of dihydropyridines is 1. The van der Waals surface area contributed by atoms with Crippen molar-refractivity contribution in [1.29, 1.82) is 0 Å². The van der Waals surface area contributed by atoms with Crippen molar-refractivity contribution in [1.82, 2.24) is 4.98 Å². The molecule has 37 heavy (non-hydrogen) atoms. The van der Waals surface area contributed by atoms with Crippen molar-refractivity contribution in [2.45, 2.75) is 6.42 Å². The Balaban J connectivity index is 1.25. The fourth-order valence-electron chi connectivity index (χ4n) is 3.98. The number of allylic oxidation sites excluding steroid dienone is 1. The number of rotatable bonds is 7. The van der Waals surface area contributed by atoms with Crippen LogP contribution in [0, 0.1) is 0 Å². The molecule has 0 radical (unpaired) electrons. The van der Waals surface area contributed by atoms with Gasteiger partial charge in [-0.3, -0.25) is 14.8 Å². The van der Waals surface area contributed by atoms with E-state index in [1.807, 2.05) is 48.5 Å². The van der Waals surface area contributed by atoms with E-state index in [0.29, 0.717) is 16.8 Å². The zero-order valence-electron chi connectivity index (χ0n) is 20.2. The van der Waals surface area contributed by atoms with Crippen molar-refractivity contribution in [3.8, 4) is 0 Å². The van der Waals surface area contributed by atoms with Crippen LogP contribution in [0.1, 0.15) is 27.1 Å². The number of hydrogen-bond donors (Lipinski definition) is 3. The molecule has 0 saturated heterocycles. The van der Waals surface area contributed by atoms with Crippen LogP contribution in [0.3, 0.4) is 0 Å². The standard InChI is InChI=1S/C29H25N5O3/c1-37-29(36)20-4-11-26-25(18-20)27(14-17-31-26)33-22-5-2-19(3-6-22)28(35)34-23-9-7-21(8-10-23)32-24-12-15-30-16-13-24/h2-12,14-15,17-18,32H,13,16H2,1H3,(H,31,33)(H,34,35). The van der Waals surface area contributed by atoms with E-state index >= 15 is 0 Å². The smallest absolute Gasteiger partial charge is 0.337 e. The molecular weight excluding hydrogens is 466 g/mol. The first-order valence-electron chi connectivity index (χ1n) is 11.8. The minimum absolute atomic E-state index is 0.199. The molecule has 1 amide bonds. The van der Waals surface area contributed by atoms with E-state index in [0.717, 1.165) is 46.6 Å². The van der Waals surface area contributed by atoms with Gasteiger partial charge in [0, 0.05) is 64.8 Å². The largest absolute Gasteiger partial charge is 0.465 e. The summed E-state index contributed by atoms with van der Waals surface area (Å²) in [7, 11) is 1.35. The van der Waals surface area contributed by atoms with Crippen molar-refractivity contribution in [3.05, 3.63) is 102 Å². The number of anilines is 4. The lowest BCUT2D eigenvalue weighted by molar-refractivity contribution is 0.0600. The van der Waals surface area contributed by atoms with Gasteiger partial charge in [-0.2, -0.15) is 0 Å². The maximum Gasteiger partial charge on any atom is 0.337 e. The molecule has 0 unspecified atom stereocenters. The summed E-state index contributed by atoms with van der Waals surface area (Å²) < 4.78 is 4.83. The number of pyridine rings is 1. The molecule has 8 nitrogen and oxygen atoms in total. The molecule has 1 aliphatic rings. The zero-order valence-corrected chi connectivity index (χ0v) is 20.2. The Bertz CT molecular complexity index is 1510. The fourth-order valence-corrected chi connectivity index (χ4v) is 3.98. The predicted molar refractivity (Wildman–Crippen MR) is 147 cm³/mol. The Morgan fingerprint density at radius 1 is 0.838 bits per heavy atom. The molecule has 8 heteroatoms. The highest BCUT2D eigenvalue weighted by molar-refractivity contribution is 6.04. The molecule has 0 bridgehead atoms. The minimum Gasteiger partial charge on any atom is -0.465 e. The molecule has 1 aromatic heterocycles. The number of carbonyl (C=O) groups is 2. The van der Waals surface area contributed by atoms with Gasteiger partial charge < -0.3 is 20.7 Å². The van der Waals surface area contributed by atoms with E-state index in [1.165, 1.54) is 7.11 Å². The van der Waals surface area contributed by atoms with Crippen LogP contribution >= 0.6 is 0 Å². The summed E-state index contributed by atoms with van der Waals surface area (Å²) in [6, 6.07) is 21.8. The van der Waals surface area contributed by atoms with Gasteiger partial charge in [0.15, 0.2) is 0 Å². The van der Waals surface area contributed by atoms with Gasteiger partial charge in [-0.15, -0.1) is 0 Å². The second-order valence-electron chi connectivity index (χ2n) is 8.44. The van der Waals surface area contributed by atoms with E-state index in [4.69, 9.17) is 4.74 Å². The van der Waals surface area contributed by atoms with E-state index < -0.39 is 5.97 Å². The van der Waals surface area contributed by atoms with Crippen LogP contribution in [0.4, 0.5) is 22.7 Å². The van der Waals surface area contributed by atoms with E-state index in [2.05, 4.69) is 25.9 Å². The Hall–Kier alpha value is -4.98. The van der Waals surface area contributed by atoms with E-state index in [-0.39, 0.29) is 5.91 Å². The van der Waals surface area contributed by atoms with Crippen LogP contribution < -0.4 is 16.0 Å². The molecule has 1 aliphatic heterocycles. The molecule has 3 aromatic carbocycles. The third-order valence-electron chi connectivity index (χ3n) is 5.93. The SMILES string of the molecule is COC(=O)c1ccc2nccc(Nc3ccc(C(=O)Nc4ccc(NC5=CC=NCC5)cc4)cc3)c2c1. The first-order chi connectivity index (χ1) is 18.1. The molecule has 0 atom stereocenters. The number of esters is 1. The molecule has 184 valence electrons. The summed E-state index contributed by atoms with van der Waals surface area (Å²) in [5, 5.41) is 10.4. The molecule has 5 rings (SSSR count). The summed E-state index contributed by atoms with van der Waals surface area (Å²) >= 11 is 0. The molecule has 2 heterocycles. The fraction of sp³-hybridized carbons (Fsp3) is 0.103. The summed E-state index contributed by atoms with van der Waals surface area (Å²) in [5.41, 5.74) is 6.10. The number of nitrogens with one attached hydrogen (secondary N) is 3. The van der Waals surface area contributed by atoms with E-state index in [1.54, 1.807) is 42.7 Å². The van der Waals surface area contributed by atoms with Crippen LogP contribution in [0.15, 0.2) is 95.8 Å². The lowest BCUT2D eigenvalue weighted by Crippen LogP contribution is -2.12. The lowest BCUT2D eigenvalue weighted by atomic mass is 10.1. The van der Waals surface area contributed by atoms with Gasteiger partial charge in [-0.1, -0.05) is 0 Å². The number of amides is 1. The molecule has 0 saturated carbocycles. The quantitative estimate of drug-likeness (QED) is 0.283. The molecular formula is C29H25N5O3. The third-order valence-corrected chi connectivity index (χ3v) is 5.93. The lowest BCUT2D eigenvalue weighted by Gasteiger charge is -2.13. The second-order valence-corrected chi connectivity index (χ2v) is 8.44. The Morgan fingerprint density at radius 2 is 1.54 bits per heavy atom. The number of fused-ring (bicyclic) bond motifs is 1. The van der Waals surface area contributed by atoms with Gasteiger partial charge in [0.25, 0.3) is 5.91 Å². The molecule has 4 aromatic rings. The maximum absolute atomic E-state index is 12.8. The van der Waals surface area contributed by atoms with Gasteiger partial charge in [-0.25, -0.2) is 4.79 Å². The van der Waals surface area contributed by atoms with Crippen LogP contribution in [0.25, 0.3) is 10.9 Å². The average molecular weight is 492 g/mol. The highest BCUT2D eigenvalue weighted by Crippen LogP contribution is 2.27. The summed E-state index contributed by atoms with van der Waals surface area (Å²) in [6.07, 6.45) is 6.35. The first-order valence-corrected chi connectivity index (χ1v) is 11.8. The van der Waals surface area contributed by atoms with Gasteiger partial charge >= 0.3 is 5.97 Å². The van der Waals surface area contributed by atoms with Crippen molar-refractivity contribution in [2.75, 3.05) is 29.6 Å². The normalized spacial score (nSPS) is 12.5. The van der Waals surface area contributed by atoms with E-state index in [9.17, 15) is 9.59 Å². The summed E-state index contributed by atoms with van der Waals surface area (Å²) in [5.74, 6) is -0.606. The Kier molecular flexibility index (Phi) is 6.89. The van der Waals surface area contributed by atoms with Crippen LogP contribution in [-0.4, -0.2) is 36.7 Å². The van der Waals surface area contributed by atoms with Crippen molar-refractivity contribution in [2.24, 2.45) is 4.99 Å². The average Bonchev–Trinajstić information content (AvgIpc) is 2.94. The molecule has 0 spiro atoms. The number of ether oxygens (including phenoxy) is 1. The van der Waals surface area contributed by atoms with Crippen molar-refractivity contribution in [3.63, 3.8) is 0 Å². The highest BCUT2D eigenvalue weighted by Gasteiger charge is 2.11. The number of aromatic nitrogens is 1. The Morgan fingerprint density at radius 3 is 2.27 bits per heavy atom. The van der Waals surface area contributed by atoms with Gasteiger partial charge in [0.2, 0.25) is 0 Å². The number of aliphatic imine (C=N–C) groups is 1. The maximum atomic E-state index is 12.8. The van der Waals surface area contributed by atoms with Gasteiger partial charge in [-0.05, 0) is 78.9 Å². The molecule has 0 aliphatic carbocycles. The third kappa shape index (κ3) is 5.65. The van der Waals surface area contributed by atoms with Gasteiger partial charge in [0.1, 0.15) is 0 Å². The number of carbonyl (C=O) groups excluding carboxylic acids is 2. The number of hydrogen-bond acceptors (Lipinski definition) is 7. The predicted octanol–water partition coefficient (Wildman–Crippen LogP) is 5.79. The van der Waals surface area contributed by atoms with Crippen LogP contribution in [0.2, 0.25) is 0 Å². The van der Waals surface area contributed by atoms with Crippen molar-refractivity contribution < 1.29 is 14.3 Å². The molecule has 0 fully saturated rings. The zero-order chi connectivity index (χ0) is 25.6. The first kappa shape index (κ1) is 23.7. The number of methoxy groups -OCH3 is 1. The summed E-state index contributed by atoms with van der Waals surface area (Å²) in [4.78, 5) is 33.3. The van der Waals surface area contributed by atoms with Crippen LogP contribution in [-0.2, 0) is 4.74 Å². The topological polar surface area (TPSA) is 105 Å². The highest BCUT2D eigenvalue weighted by atomic mass is 16.5. The van der Waals surface area contributed by atoms with Crippen LogP contribution in [0.5, 0.6) is 0 Å². The minimum atomic E-state index is -0.408. The van der Waals surface area contributed by atoms with Gasteiger partial charge in [0.05, 0.1) is 18.2 Å². The monoisotopic (exact) mass is 491 g/mol. The molecule has 3 N–H and O–H groups in total. The van der Waals surface area contributed by atoms with Crippen molar-refractivity contribution >= 4 is 51.7 Å².